The maximum absolute atomic E-state index is 14.2. The lowest BCUT2D eigenvalue weighted by Gasteiger charge is -2.13. The van der Waals surface area contributed by atoms with Gasteiger partial charge in [0.2, 0.25) is 5.91 Å². The fourth-order valence-electron chi connectivity index (χ4n) is 3.84. The van der Waals surface area contributed by atoms with Gasteiger partial charge in [0.05, 0.1) is 16.6 Å². The number of amides is 2. The summed E-state index contributed by atoms with van der Waals surface area (Å²) in [5, 5.41) is 4.93. The summed E-state index contributed by atoms with van der Waals surface area (Å²) in [6.45, 7) is 1.55. The topological polar surface area (TPSA) is 84.2 Å². The van der Waals surface area contributed by atoms with E-state index >= 15 is 0 Å². The molecule has 1 aliphatic rings. The van der Waals surface area contributed by atoms with Gasteiger partial charge in [-0.2, -0.15) is 0 Å². The second kappa shape index (κ2) is 9.67. The van der Waals surface area contributed by atoms with Crippen LogP contribution in [0, 0.1) is 30.3 Å². The van der Waals surface area contributed by atoms with Gasteiger partial charge in [-0.05, 0) is 54.4 Å². The van der Waals surface area contributed by atoms with Crippen LogP contribution in [0.4, 0.5) is 30.2 Å². The summed E-state index contributed by atoms with van der Waals surface area (Å²) >= 11 is 24.8. The average molecular weight is 577 g/mol. The summed E-state index contributed by atoms with van der Waals surface area (Å²) < 4.78 is 39.7. The van der Waals surface area contributed by atoms with Crippen molar-refractivity contribution in [3.63, 3.8) is 0 Å². The van der Waals surface area contributed by atoms with Gasteiger partial charge in [0.15, 0.2) is 5.82 Å². The van der Waals surface area contributed by atoms with E-state index < -0.39 is 51.1 Å². The third-order valence-corrected chi connectivity index (χ3v) is 7.49. The van der Waals surface area contributed by atoms with Gasteiger partial charge in [0.1, 0.15) is 21.7 Å². The number of carbonyl (C=O) groups excluding carboxylic acids is 2. The van der Waals surface area contributed by atoms with Gasteiger partial charge in [-0.1, -0.05) is 29.3 Å². The third kappa shape index (κ3) is 4.83. The second-order valence-corrected chi connectivity index (χ2v) is 10.5. The normalized spacial score (nSPS) is 18.0. The molecule has 0 aliphatic heterocycles. The minimum atomic E-state index is -1.47. The zero-order chi connectivity index (χ0) is 26.5. The summed E-state index contributed by atoms with van der Waals surface area (Å²) in [6, 6.07) is 8.61. The van der Waals surface area contributed by atoms with Crippen molar-refractivity contribution in [3.05, 3.63) is 86.7 Å². The molecule has 1 aliphatic carbocycles. The van der Waals surface area contributed by atoms with Crippen LogP contribution in [0.2, 0.25) is 10.0 Å². The molecule has 12 heteroatoms. The standard InChI is InChI=1S/C24H16Cl4F3N3O2/c1-9-12(22(35)34-17-5-4-16(30)21(32)20(17)31)7-11(8-13(9)25)33-23(36)19-18(24(19,27)28)10-2-3-15(29)14(26)6-10/h2-8,18-19H,32H2,1H3,(H,33,36)(H,34,35)/t18-,19+/m0/s1. The van der Waals surface area contributed by atoms with Crippen molar-refractivity contribution in [2.24, 2.45) is 5.92 Å². The van der Waals surface area contributed by atoms with Gasteiger partial charge >= 0.3 is 0 Å². The summed E-state index contributed by atoms with van der Waals surface area (Å²) in [4.78, 5) is 25.8. The minimum Gasteiger partial charge on any atom is -0.394 e. The zero-order valence-electron chi connectivity index (χ0n) is 18.2. The molecular weight excluding hydrogens is 561 g/mol. The maximum Gasteiger partial charge on any atom is 0.256 e. The molecule has 0 unspecified atom stereocenters. The molecule has 0 aromatic heterocycles. The Morgan fingerprint density at radius 1 is 0.944 bits per heavy atom. The van der Waals surface area contributed by atoms with E-state index in [0.29, 0.717) is 11.1 Å². The first-order valence-electron chi connectivity index (χ1n) is 10.3. The van der Waals surface area contributed by atoms with Crippen LogP contribution in [0.3, 0.4) is 0 Å². The van der Waals surface area contributed by atoms with Gasteiger partial charge in [-0.3, -0.25) is 9.59 Å². The van der Waals surface area contributed by atoms with Gasteiger partial charge in [-0.25, -0.2) is 13.2 Å². The van der Waals surface area contributed by atoms with E-state index in [9.17, 15) is 22.8 Å². The number of nitrogen functional groups attached to an aromatic ring is 1. The van der Waals surface area contributed by atoms with E-state index in [1.54, 1.807) is 6.92 Å². The Kier molecular flexibility index (Phi) is 7.09. The van der Waals surface area contributed by atoms with E-state index in [2.05, 4.69) is 10.6 Å². The Hall–Kier alpha value is -2.65. The fraction of sp³-hybridized carbons (Fsp3) is 0.167. The monoisotopic (exact) mass is 575 g/mol. The molecule has 2 amide bonds. The second-order valence-electron chi connectivity index (χ2n) is 8.20. The molecular formula is C24H16Cl4F3N3O2. The molecule has 0 bridgehead atoms. The molecule has 4 rings (SSSR count). The molecule has 1 fully saturated rings. The predicted molar refractivity (Wildman–Crippen MR) is 136 cm³/mol. The molecule has 3 aromatic rings. The smallest absolute Gasteiger partial charge is 0.256 e. The number of nitrogens with two attached hydrogens (primary N) is 1. The molecule has 0 radical (unpaired) electrons. The highest BCUT2D eigenvalue weighted by molar-refractivity contribution is 6.53. The highest BCUT2D eigenvalue weighted by Gasteiger charge is 2.67. The Morgan fingerprint density at radius 2 is 1.61 bits per heavy atom. The highest BCUT2D eigenvalue weighted by atomic mass is 35.5. The van der Waals surface area contributed by atoms with Crippen LogP contribution in [0.1, 0.15) is 27.4 Å². The van der Waals surface area contributed by atoms with Crippen molar-refractivity contribution in [1.82, 2.24) is 0 Å². The van der Waals surface area contributed by atoms with Crippen LogP contribution in [-0.4, -0.2) is 16.1 Å². The molecule has 4 N–H and O–H groups in total. The van der Waals surface area contributed by atoms with Gasteiger partial charge in [0, 0.05) is 22.2 Å². The summed E-state index contributed by atoms with van der Waals surface area (Å²) in [7, 11) is 0. The van der Waals surface area contributed by atoms with E-state index in [1.807, 2.05) is 0 Å². The molecule has 3 aromatic carbocycles. The first-order valence-corrected chi connectivity index (χ1v) is 11.8. The van der Waals surface area contributed by atoms with Crippen molar-refractivity contribution in [2.75, 3.05) is 16.4 Å². The number of benzene rings is 3. The SMILES string of the molecule is Cc1c(Cl)cc(NC(=O)[C@H]2[C@H](c3ccc(F)c(Cl)c3)C2(Cl)Cl)cc1C(=O)Nc1ccc(F)c(N)c1F. The van der Waals surface area contributed by atoms with Crippen LogP contribution < -0.4 is 16.4 Å². The summed E-state index contributed by atoms with van der Waals surface area (Å²) in [5.74, 6) is -5.63. The summed E-state index contributed by atoms with van der Waals surface area (Å²) in [5.41, 5.74) is 5.25. The highest BCUT2D eigenvalue weighted by Crippen LogP contribution is 2.65. The largest absolute Gasteiger partial charge is 0.394 e. The quantitative estimate of drug-likeness (QED) is 0.224. The Balaban J connectivity index is 1.56. The van der Waals surface area contributed by atoms with Crippen molar-refractivity contribution in [3.8, 4) is 0 Å². The Morgan fingerprint density at radius 3 is 2.28 bits per heavy atom. The number of alkyl halides is 2. The van der Waals surface area contributed by atoms with Crippen LogP contribution >= 0.6 is 46.4 Å². The van der Waals surface area contributed by atoms with E-state index in [0.717, 1.165) is 18.2 Å². The lowest BCUT2D eigenvalue weighted by molar-refractivity contribution is -0.117. The Bertz CT molecular complexity index is 1420. The molecule has 0 saturated heterocycles. The molecule has 1 saturated carbocycles. The van der Waals surface area contributed by atoms with Gasteiger partial charge in [0.25, 0.3) is 5.91 Å². The minimum absolute atomic E-state index is 0.0146. The average Bonchev–Trinajstić information content (AvgIpc) is 3.40. The van der Waals surface area contributed by atoms with Crippen molar-refractivity contribution in [1.29, 1.82) is 0 Å². The molecule has 0 heterocycles. The van der Waals surface area contributed by atoms with Gasteiger partial charge < -0.3 is 16.4 Å². The first-order chi connectivity index (χ1) is 16.8. The number of hydrogen-bond donors (Lipinski definition) is 3. The molecule has 2 atom stereocenters. The van der Waals surface area contributed by atoms with Crippen LogP contribution in [-0.2, 0) is 4.79 Å². The van der Waals surface area contributed by atoms with E-state index in [4.69, 9.17) is 52.1 Å². The lowest BCUT2D eigenvalue weighted by atomic mass is 10.1. The van der Waals surface area contributed by atoms with Crippen LogP contribution in [0.25, 0.3) is 0 Å². The van der Waals surface area contributed by atoms with E-state index in [1.165, 1.54) is 24.3 Å². The number of carbonyl (C=O) groups is 2. The lowest BCUT2D eigenvalue weighted by Crippen LogP contribution is -2.19. The third-order valence-electron chi connectivity index (χ3n) is 5.87. The molecule has 5 nitrogen and oxygen atoms in total. The number of anilines is 3. The number of rotatable bonds is 5. The fourth-order valence-corrected chi connectivity index (χ4v) is 5.07. The van der Waals surface area contributed by atoms with Gasteiger partial charge in [-0.15, -0.1) is 23.2 Å². The van der Waals surface area contributed by atoms with Crippen molar-refractivity contribution in [2.45, 2.75) is 17.2 Å². The van der Waals surface area contributed by atoms with Crippen LogP contribution in [0.15, 0.2) is 42.5 Å². The maximum atomic E-state index is 14.2. The zero-order valence-corrected chi connectivity index (χ0v) is 21.3. The Labute approximate surface area is 223 Å². The van der Waals surface area contributed by atoms with Crippen LogP contribution in [0.5, 0.6) is 0 Å². The van der Waals surface area contributed by atoms with Crippen molar-refractivity contribution >= 4 is 75.3 Å². The number of hydrogen-bond acceptors (Lipinski definition) is 3. The predicted octanol–water partition coefficient (Wildman–Crippen LogP) is 7.08. The molecule has 0 spiro atoms. The molecule has 188 valence electrons. The number of halogens is 7. The van der Waals surface area contributed by atoms with Crippen molar-refractivity contribution < 1.29 is 22.8 Å². The molecule has 36 heavy (non-hydrogen) atoms. The first kappa shape index (κ1) is 26.4. The number of nitrogens with one attached hydrogen (secondary N) is 2. The van der Waals surface area contributed by atoms with E-state index in [-0.39, 0.29) is 27.0 Å². The summed E-state index contributed by atoms with van der Waals surface area (Å²) in [6.07, 6.45) is 0.